The Labute approximate surface area is 113 Å². The average Bonchev–Trinajstić information content (AvgIpc) is 2.98. The predicted octanol–water partition coefficient (Wildman–Crippen LogP) is 2.77. The Bertz CT molecular complexity index is 527. The van der Waals surface area contributed by atoms with Crippen molar-refractivity contribution in [2.45, 2.75) is 32.1 Å². The highest BCUT2D eigenvalue weighted by molar-refractivity contribution is 5.53. The zero-order valence-corrected chi connectivity index (χ0v) is 11.2. The molecule has 1 aliphatic rings. The van der Waals surface area contributed by atoms with Gasteiger partial charge in [0.25, 0.3) is 0 Å². The summed E-state index contributed by atoms with van der Waals surface area (Å²) < 4.78 is 5.82. The van der Waals surface area contributed by atoms with Crippen molar-refractivity contribution in [3.05, 3.63) is 35.7 Å². The van der Waals surface area contributed by atoms with Gasteiger partial charge in [0.2, 0.25) is 11.8 Å². The SMILES string of the molecule is CCc1ccc(-c2nnc(C3CCCNC3)o2)cc1. The molecule has 4 nitrogen and oxygen atoms in total. The minimum absolute atomic E-state index is 0.366. The van der Waals surface area contributed by atoms with E-state index in [4.69, 9.17) is 4.42 Å². The van der Waals surface area contributed by atoms with Crippen molar-refractivity contribution < 1.29 is 4.42 Å². The Hall–Kier alpha value is -1.68. The Kier molecular flexibility index (Phi) is 3.60. The summed E-state index contributed by atoms with van der Waals surface area (Å²) in [4.78, 5) is 0. The second-order valence-corrected chi connectivity index (χ2v) is 5.04. The van der Waals surface area contributed by atoms with Crippen molar-refractivity contribution >= 4 is 0 Å². The average molecular weight is 257 g/mol. The van der Waals surface area contributed by atoms with E-state index in [9.17, 15) is 0 Å². The van der Waals surface area contributed by atoms with Crippen LogP contribution in [0.3, 0.4) is 0 Å². The van der Waals surface area contributed by atoms with Crippen LogP contribution in [0.2, 0.25) is 0 Å². The van der Waals surface area contributed by atoms with Crippen LogP contribution in [-0.2, 0) is 6.42 Å². The standard InChI is InChI=1S/C15H19N3O/c1-2-11-5-7-12(8-6-11)14-17-18-15(19-14)13-4-3-9-16-10-13/h5-8,13,16H,2-4,9-10H2,1H3. The highest BCUT2D eigenvalue weighted by Gasteiger charge is 2.21. The molecular weight excluding hydrogens is 238 g/mol. The summed E-state index contributed by atoms with van der Waals surface area (Å²) in [5.74, 6) is 1.76. The zero-order valence-electron chi connectivity index (χ0n) is 11.2. The van der Waals surface area contributed by atoms with Gasteiger partial charge in [-0.1, -0.05) is 19.1 Å². The molecule has 100 valence electrons. The zero-order chi connectivity index (χ0) is 13.1. The van der Waals surface area contributed by atoms with Gasteiger partial charge in [-0.3, -0.25) is 0 Å². The fourth-order valence-electron chi connectivity index (χ4n) is 2.46. The second kappa shape index (κ2) is 5.53. The van der Waals surface area contributed by atoms with Crippen molar-refractivity contribution in [3.63, 3.8) is 0 Å². The maximum absolute atomic E-state index is 5.82. The van der Waals surface area contributed by atoms with Crippen LogP contribution in [0.25, 0.3) is 11.5 Å². The molecule has 1 aromatic heterocycles. The maximum atomic E-state index is 5.82. The van der Waals surface area contributed by atoms with Gasteiger partial charge in [-0.25, -0.2) is 0 Å². The number of aromatic nitrogens is 2. The lowest BCUT2D eigenvalue weighted by Gasteiger charge is -2.18. The number of hydrogen-bond acceptors (Lipinski definition) is 4. The molecule has 0 bridgehead atoms. The van der Waals surface area contributed by atoms with E-state index in [1.807, 2.05) is 0 Å². The quantitative estimate of drug-likeness (QED) is 0.918. The van der Waals surface area contributed by atoms with Crippen molar-refractivity contribution in [2.24, 2.45) is 0 Å². The fourth-order valence-corrected chi connectivity index (χ4v) is 2.46. The van der Waals surface area contributed by atoms with Crippen LogP contribution in [0, 0.1) is 0 Å². The molecule has 0 spiro atoms. The van der Waals surface area contributed by atoms with Crippen LogP contribution in [0.1, 0.15) is 37.1 Å². The number of hydrogen-bond donors (Lipinski definition) is 1. The van der Waals surface area contributed by atoms with Gasteiger partial charge >= 0.3 is 0 Å². The largest absolute Gasteiger partial charge is 0.420 e. The Balaban J connectivity index is 1.79. The maximum Gasteiger partial charge on any atom is 0.247 e. The van der Waals surface area contributed by atoms with Crippen molar-refractivity contribution in [2.75, 3.05) is 13.1 Å². The van der Waals surface area contributed by atoms with Crippen LogP contribution >= 0.6 is 0 Å². The first-order valence-corrected chi connectivity index (χ1v) is 7.00. The second-order valence-electron chi connectivity index (χ2n) is 5.04. The van der Waals surface area contributed by atoms with Crippen LogP contribution in [0.15, 0.2) is 28.7 Å². The summed E-state index contributed by atoms with van der Waals surface area (Å²) in [5, 5.41) is 11.7. The molecule has 1 N–H and O–H groups in total. The van der Waals surface area contributed by atoms with Gasteiger partial charge < -0.3 is 9.73 Å². The number of aryl methyl sites for hydroxylation is 1. The molecule has 4 heteroatoms. The van der Waals surface area contributed by atoms with E-state index in [1.165, 1.54) is 12.0 Å². The third kappa shape index (κ3) is 2.68. The van der Waals surface area contributed by atoms with E-state index in [0.717, 1.165) is 37.4 Å². The van der Waals surface area contributed by atoms with Gasteiger partial charge in [-0.2, -0.15) is 0 Å². The summed E-state index contributed by atoms with van der Waals surface area (Å²) >= 11 is 0. The van der Waals surface area contributed by atoms with E-state index in [2.05, 4.69) is 46.7 Å². The van der Waals surface area contributed by atoms with Gasteiger partial charge in [0, 0.05) is 18.0 Å². The van der Waals surface area contributed by atoms with Crippen LogP contribution in [0.4, 0.5) is 0 Å². The Morgan fingerprint density at radius 3 is 2.79 bits per heavy atom. The van der Waals surface area contributed by atoms with E-state index < -0.39 is 0 Å². The normalized spacial score (nSPS) is 19.5. The van der Waals surface area contributed by atoms with E-state index in [0.29, 0.717) is 11.8 Å². The molecule has 1 aromatic carbocycles. The molecule has 1 aliphatic heterocycles. The molecule has 1 unspecified atom stereocenters. The van der Waals surface area contributed by atoms with E-state index in [-0.39, 0.29) is 0 Å². The first-order valence-electron chi connectivity index (χ1n) is 7.00. The molecule has 1 atom stereocenters. The molecule has 2 aromatic rings. The first kappa shape index (κ1) is 12.4. The summed E-state index contributed by atoms with van der Waals surface area (Å²) in [5.41, 5.74) is 2.32. The van der Waals surface area contributed by atoms with Crippen LogP contribution in [0.5, 0.6) is 0 Å². The van der Waals surface area contributed by atoms with E-state index in [1.54, 1.807) is 0 Å². The van der Waals surface area contributed by atoms with Crippen molar-refractivity contribution in [1.82, 2.24) is 15.5 Å². The third-order valence-corrected chi connectivity index (χ3v) is 3.70. The number of nitrogens with zero attached hydrogens (tertiary/aromatic N) is 2. The van der Waals surface area contributed by atoms with Gasteiger partial charge in [0.05, 0.1) is 0 Å². The first-order chi connectivity index (χ1) is 9.36. The van der Waals surface area contributed by atoms with Crippen LogP contribution in [-0.4, -0.2) is 23.3 Å². The Morgan fingerprint density at radius 1 is 1.26 bits per heavy atom. The molecule has 3 rings (SSSR count). The minimum Gasteiger partial charge on any atom is -0.420 e. The van der Waals surface area contributed by atoms with Crippen LogP contribution < -0.4 is 5.32 Å². The Morgan fingerprint density at radius 2 is 2.11 bits per heavy atom. The highest BCUT2D eigenvalue weighted by Crippen LogP contribution is 2.25. The lowest BCUT2D eigenvalue weighted by Crippen LogP contribution is -2.28. The number of nitrogens with one attached hydrogen (secondary N) is 1. The highest BCUT2D eigenvalue weighted by atomic mass is 16.4. The minimum atomic E-state index is 0.366. The molecule has 0 radical (unpaired) electrons. The van der Waals surface area contributed by atoms with Gasteiger partial charge in [0.15, 0.2) is 0 Å². The molecule has 1 saturated heterocycles. The smallest absolute Gasteiger partial charge is 0.247 e. The lowest BCUT2D eigenvalue weighted by atomic mass is 10.00. The summed E-state index contributed by atoms with van der Waals surface area (Å²) in [6.45, 7) is 4.18. The third-order valence-electron chi connectivity index (χ3n) is 3.70. The summed E-state index contributed by atoms with van der Waals surface area (Å²) in [6, 6.07) is 8.33. The van der Waals surface area contributed by atoms with Gasteiger partial charge in [-0.15, -0.1) is 10.2 Å². The summed E-state index contributed by atoms with van der Waals surface area (Å²) in [6.07, 6.45) is 3.35. The molecule has 1 fully saturated rings. The van der Waals surface area contributed by atoms with Gasteiger partial charge in [-0.05, 0) is 43.5 Å². The molecule has 0 amide bonds. The van der Waals surface area contributed by atoms with Crippen molar-refractivity contribution in [3.8, 4) is 11.5 Å². The molecule has 2 heterocycles. The number of rotatable bonds is 3. The number of benzene rings is 1. The summed E-state index contributed by atoms with van der Waals surface area (Å²) in [7, 11) is 0. The predicted molar refractivity (Wildman–Crippen MR) is 74.0 cm³/mol. The molecule has 19 heavy (non-hydrogen) atoms. The van der Waals surface area contributed by atoms with Crippen molar-refractivity contribution in [1.29, 1.82) is 0 Å². The lowest BCUT2D eigenvalue weighted by molar-refractivity contribution is 0.380. The molecule has 0 aliphatic carbocycles. The fraction of sp³-hybridized carbons (Fsp3) is 0.467. The van der Waals surface area contributed by atoms with Gasteiger partial charge in [0.1, 0.15) is 0 Å². The topological polar surface area (TPSA) is 51.0 Å². The van der Waals surface area contributed by atoms with E-state index >= 15 is 0 Å². The molecular formula is C15H19N3O. The molecule has 0 saturated carbocycles. The monoisotopic (exact) mass is 257 g/mol. The number of piperidine rings is 1.